The minimum atomic E-state index is -0.816. The Morgan fingerprint density at radius 2 is 2.16 bits per heavy atom. The van der Waals surface area contributed by atoms with E-state index in [-0.39, 0.29) is 5.41 Å². The fraction of sp³-hybridized carbons (Fsp3) is 0.625. The van der Waals surface area contributed by atoms with E-state index in [1.165, 1.54) is 11.1 Å². The Balaban J connectivity index is 2.08. The molecule has 3 nitrogen and oxygen atoms in total. The Hall–Kier alpha value is -0.900. The summed E-state index contributed by atoms with van der Waals surface area (Å²) in [5, 5.41) is 11.3. The lowest BCUT2D eigenvalue weighted by Crippen LogP contribution is -2.59. The SMILES string of the molecule is COCC(O)(C1CC1)C1(CN)CCc2ccccc21. The van der Waals surface area contributed by atoms with Gasteiger partial charge >= 0.3 is 0 Å². The molecule has 1 saturated carbocycles. The van der Waals surface area contributed by atoms with Gasteiger partial charge in [-0.2, -0.15) is 0 Å². The first-order chi connectivity index (χ1) is 9.18. The number of hydrogen-bond acceptors (Lipinski definition) is 3. The minimum Gasteiger partial charge on any atom is -0.386 e. The third-order valence-electron chi connectivity index (χ3n) is 5.15. The van der Waals surface area contributed by atoms with Crippen LogP contribution < -0.4 is 5.73 Å². The number of aliphatic hydroxyl groups is 1. The molecule has 104 valence electrons. The molecule has 2 aliphatic rings. The highest BCUT2D eigenvalue weighted by Crippen LogP contribution is 2.54. The number of fused-ring (bicyclic) bond motifs is 1. The van der Waals surface area contributed by atoms with Crippen LogP contribution in [0, 0.1) is 5.92 Å². The van der Waals surface area contributed by atoms with Crippen LogP contribution in [-0.2, 0) is 16.6 Å². The van der Waals surface area contributed by atoms with E-state index in [0.717, 1.165) is 25.7 Å². The van der Waals surface area contributed by atoms with Crippen molar-refractivity contribution in [2.24, 2.45) is 11.7 Å². The lowest BCUT2D eigenvalue weighted by Gasteiger charge is -2.45. The third-order valence-corrected chi connectivity index (χ3v) is 5.15. The molecule has 19 heavy (non-hydrogen) atoms. The summed E-state index contributed by atoms with van der Waals surface area (Å²) in [6.45, 7) is 0.865. The Kier molecular flexibility index (Phi) is 3.16. The molecule has 1 aromatic rings. The average Bonchev–Trinajstić information content (AvgIpc) is 3.21. The number of methoxy groups -OCH3 is 1. The molecule has 0 heterocycles. The van der Waals surface area contributed by atoms with Gasteiger partial charge in [0.25, 0.3) is 0 Å². The molecule has 1 aromatic carbocycles. The van der Waals surface area contributed by atoms with Gasteiger partial charge in [-0.25, -0.2) is 0 Å². The zero-order valence-corrected chi connectivity index (χ0v) is 11.6. The van der Waals surface area contributed by atoms with Gasteiger partial charge in [0.2, 0.25) is 0 Å². The van der Waals surface area contributed by atoms with Crippen molar-refractivity contribution < 1.29 is 9.84 Å². The maximum atomic E-state index is 11.3. The molecule has 1 fully saturated rings. The minimum absolute atomic E-state index is 0.333. The fourth-order valence-corrected chi connectivity index (χ4v) is 3.95. The number of nitrogens with two attached hydrogens (primary N) is 1. The second kappa shape index (κ2) is 4.58. The average molecular weight is 261 g/mol. The largest absolute Gasteiger partial charge is 0.386 e. The summed E-state index contributed by atoms with van der Waals surface area (Å²) >= 11 is 0. The topological polar surface area (TPSA) is 55.5 Å². The maximum Gasteiger partial charge on any atom is 0.102 e. The molecule has 0 amide bonds. The highest BCUT2D eigenvalue weighted by atomic mass is 16.5. The lowest BCUT2D eigenvalue weighted by molar-refractivity contribution is -0.104. The number of ether oxygens (including phenoxy) is 1. The normalized spacial score (nSPS) is 29.0. The molecule has 0 aliphatic heterocycles. The van der Waals surface area contributed by atoms with Crippen LogP contribution in [0.2, 0.25) is 0 Å². The molecule has 2 atom stereocenters. The van der Waals surface area contributed by atoms with Crippen molar-refractivity contribution in [3.05, 3.63) is 35.4 Å². The van der Waals surface area contributed by atoms with E-state index in [2.05, 4.69) is 24.3 Å². The van der Waals surface area contributed by atoms with Crippen LogP contribution in [0.15, 0.2) is 24.3 Å². The van der Waals surface area contributed by atoms with Crippen LogP contribution >= 0.6 is 0 Å². The van der Waals surface area contributed by atoms with Gasteiger partial charge in [0.05, 0.1) is 6.61 Å². The monoisotopic (exact) mass is 261 g/mol. The summed E-state index contributed by atoms with van der Waals surface area (Å²) < 4.78 is 5.36. The van der Waals surface area contributed by atoms with E-state index >= 15 is 0 Å². The standard InChI is InChI=1S/C16H23NO2/c1-19-11-16(18,13-6-7-13)15(10-17)9-8-12-4-2-3-5-14(12)15/h2-5,13,18H,6-11,17H2,1H3. The molecular formula is C16H23NO2. The van der Waals surface area contributed by atoms with Gasteiger partial charge in [0.15, 0.2) is 0 Å². The summed E-state index contributed by atoms with van der Waals surface area (Å²) in [6, 6.07) is 8.41. The molecule has 0 bridgehead atoms. The predicted octanol–water partition coefficient (Wildman–Crippen LogP) is 1.62. The second-order valence-corrected chi connectivity index (χ2v) is 6.07. The van der Waals surface area contributed by atoms with E-state index in [9.17, 15) is 5.11 Å². The van der Waals surface area contributed by atoms with E-state index in [1.54, 1.807) is 7.11 Å². The Labute approximate surface area is 114 Å². The van der Waals surface area contributed by atoms with Crippen LogP contribution in [0.3, 0.4) is 0 Å². The highest BCUT2D eigenvalue weighted by molar-refractivity contribution is 5.43. The summed E-state index contributed by atoms with van der Waals surface area (Å²) in [4.78, 5) is 0. The molecule has 2 unspecified atom stereocenters. The van der Waals surface area contributed by atoms with E-state index in [4.69, 9.17) is 10.5 Å². The zero-order valence-electron chi connectivity index (χ0n) is 11.6. The third kappa shape index (κ3) is 1.76. The second-order valence-electron chi connectivity index (χ2n) is 6.07. The van der Waals surface area contributed by atoms with Gasteiger partial charge in [-0.3, -0.25) is 0 Å². The van der Waals surface area contributed by atoms with Crippen molar-refractivity contribution in [2.75, 3.05) is 20.3 Å². The lowest BCUT2D eigenvalue weighted by atomic mass is 9.65. The molecule has 2 aliphatic carbocycles. The Morgan fingerprint density at radius 3 is 2.79 bits per heavy atom. The van der Waals surface area contributed by atoms with Crippen molar-refractivity contribution >= 4 is 0 Å². The number of hydrogen-bond donors (Lipinski definition) is 2. The molecule has 0 spiro atoms. The summed E-state index contributed by atoms with van der Waals surface area (Å²) in [6.07, 6.45) is 4.11. The fourth-order valence-electron chi connectivity index (χ4n) is 3.95. The molecular weight excluding hydrogens is 238 g/mol. The number of aryl methyl sites for hydroxylation is 1. The Morgan fingerprint density at radius 1 is 1.42 bits per heavy atom. The first-order valence-corrected chi connectivity index (χ1v) is 7.18. The summed E-state index contributed by atoms with van der Waals surface area (Å²) in [7, 11) is 1.67. The van der Waals surface area contributed by atoms with Crippen molar-refractivity contribution in [3.8, 4) is 0 Å². The van der Waals surface area contributed by atoms with Crippen LogP contribution in [0.5, 0.6) is 0 Å². The van der Waals surface area contributed by atoms with Gasteiger partial charge in [-0.1, -0.05) is 24.3 Å². The van der Waals surface area contributed by atoms with Crippen LogP contribution in [0.1, 0.15) is 30.4 Å². The van der Waals surface area contributed by atoms with Crippen molar-refractivity contribution in [1.82, 2.24) is 0 Å². The van der Waals surface area contributed by atoms with Crippen LogP contribution in [0.25, 0.3) is 0 Å². The van der Waals surface area contributed by atoms with Gasteiger partial charge in [-0.15, -0.1) is 0 Å². The van der Waals surface area contributed by atoms with Gasteiger partial charge in [0.1, 0.15) is 5.60 Å². The molecule has 3 rings (SSSR count). The van der Waals surface area contributed by atoms with Gasteiger partial charge < -0.3 is 15.6 Å². The van der Waals surface area contributed by atoms with Gasteiger partial charge in [0, 0.05) is 19.1 Å². The van der Waals surface area contributed by atoms with E-state index in [0.29, 0.717) is 19.1 Å². The molecule has 0 radical (unpaired) electrons. The predicted molar refractivity (Wildman–Crippen MR) is 75.0 cm³/mol. The first-order valence-electron chi connectivity index (χ1n) is 7.18. The van der Waals surface area contributed by atoms with Crippen molar-refractivity contribution in [1.29, 1.82) is 0 Å². The molecule has 0 aromatic heterocycles. The van der Waals surface area contributed by atoms with Crippen LogP contribution in [-0.4, -0.2) is 31.0 Å². The summed E-state index contributed by atoms with van der Waals surface area (Å²) in [5.74, 6) is 0.335. The van der Waals surface area contributed by atoms with Gasteiger partial charge in [-0.05, 0) is 42.7 Å². The Bertz CT molecular complexity index is 472. The summed E-state index contributed by atoms with van der Waals surface area (Å²) in [5.41, 5.74) is 7.58. The first kappa shape index (κ1) is 13.1. The molecule has 3 heteroatoms. The van der Waals surface area contributed by atoms with Crippen LogP contribution in [0.4, 0.5) is 0 Å². The zero-order chi connectivity index (χ0) is 13.5. The smallest absolute Gasteiger partial charge is 0.102 e. The number of benzene rings is 1. The van der Waals surface area contributed by atoms with E-state index in [1.807, 2.05) is 0 Å². The van der Waals surface area contributed by atoms with E-state index < -0.39 is 5.60 Å². The highest BCUT2D eigenvalue weighted by Gasteiger charge is 2.60. The number of rotatable bonds is 5. The maximum absolute atomic E-state index is 11.3. The van der Waals surface area contributed by atoms with Crippen molar-refractivity contribution in [3.63, 3.8) is 0 Å². The molecule has 0 saturated heterocycles. The quantitative estimate of drug-likeness (QED) is 0.847. The van der Waals surface area contributed by atoms with Crippen molar-refractivity contribution in [2.45, 2.75) is 36.7 Å². The molecule has 3 N–H and O–H groups in total.